The molecule has 2 aromatic carbocycles. The first-order chi connectivity index (χ1) is 14.1. The number of fused-ring (bicyclic) bond motifs is 3. The van der Waals surface area contributed by atoms with Crippen molar-refractivity contribution in [1.29, 1.82) is 0 Å². The normalized spacial score (nSPS) is 17.1. The van der Waals surface area contributed by atoms with E-state index in [9.17, 15) is 5.11 Å². The van der Waals surface area contributed by atoms with Crippen LogP contribution >= 0.6 is 11.3 Å². The summed E-state index contributed by atoms with van der Waals surface area (Å²) in [6.45, 7) is 6.15. The Morgan fingerprint density at radius 2 is 2.07 bits per heavy atom. The lowest BCUT2D eigenvalue weighted by molar-refractivity contribution is 0.201. The van der Waals surface area contributed by atoms with Gasteiger partial charge in [0.05, 0.1) is 18.3 Å². The SMILES string of the molecule is CC(C)c1csc(CN2CCc3c([nH]c4ccccc34)C2c2cccc(O)c2)n1. The second-order valence-electron chi connectivity index (χ2n) is 8.10. The highest BCUT2D eigenvalue weighted by molar-refractivity contribution is 7.09. The molecular formula is C24H25N3OS. The number of H-pyrrole nitrogens is 1. The molecule has 4 nitrogen and oxygen atoms in total. The van der Waals surface area contributed by atoms with Crippen molar-refractivity contribution in [3.63, 3.8) is 0 Å². The van der Waals surface area contributed by atoms with Gasteiger partial charge in [0.15, 0.2) is 0 Å². The van der Waals surface area contributed by atoms with E-state index in [0.29, 0.717) is 11.7 Å². The molecule has 4 aromatic rings. The second-order valence-corrected chi connectivity index (χ2v) is 9.04. The molecule has 29 heavy (non-hydrogen) atoms. The number of nitrogens with zero attached hydrogens (tertiary/aromatic N) is 2. The average Bonchev–Trinajstić information content (AvgIpc) is 3.32. The molecule has 1 aliphatic heterocycles. The highest BCUT2D eigenvalue weighted by Gasteiger charge is 2.32. The van der Waals surface area contributed by atoms with Crippen LogP contribution < -0.4 is 0 Å². The van der Waals surface area contributed by atoms with Gasteiger partial charge >= 0.3 is 0 Å². The van der Waals surface area contributed by atoms with Gasteiger partial charge in [0, 0.05) is 28.5 Å². The Morgan fingerprint density at radius 3 is 2.86 bits per heavy atom. The van der Waals surface area contributed by atoms with Crippen molar-refractivity contribution in [2.24, 2.45) is 0 Å². The number of para-hydroxylation sites is 1. The van der Waals surface area contributed by atoms with E-state index in [2.05, 4.69) is 59.4 Å². The van der Waals surface area contributed by atoms with Gasteiger partial charge in [-0.3, -0.25) is 4.90 Å². The largest absolute Gasteiger partial charge is 0.508 e. The van der Waals surface area contributed by atoms with Crippen molar-refractivity contribution in [2.75, 3.05) is 6.54 Å². The Balaban J connectivity index is 1.58. The molecule has 5 heteroatoms. The number of hydrogen-bond donors (Lipinski definition) is 2. The van der Waals surface area contributed by atoms with Gasteiger partial charge in [-0.25, -0.2) is 4.98 Å². The molecule has 0 aliphatic carbocycles. The molecule has 3 heterocycles. The van der Waals surface area contributed by atoms with E-state index in [-0.39, 0.29) is 6.04 Å². The summed E-state index contributed by atoms with van der Waals surface area (Å²) in [4.78, 5) is 11.0. The molecule has 2 N–H and O–H groups in total. The molecule has 0 saturated heterocycles. The Morgan fingerprint density at radius 1 is 1.21 bits per heavy atom. The van der Waals surface area contributed by atoms with Gasteiger partial charge in [-0.05, 0) is 41.7 Å². The van der Waals surface area contributed by atoms with Crippen LogP contribution in [0.5, 0.6) is 5.75 Å². The second kappa shape index (κ2) is 7.32. The molecule has 148 valence electrons. The maximum absolute atomic E-state index is 10.1. The fourth-order valence-electron chi connectivity index (χ4n) is 4.37. The quantitative estimate of drug-likeness (QED) is 0.466. The van der Waals surface area contributed by atoms with E-state index in [1.807, 2.05) is 12.1 Å². The number of rotatable bonds is 4. The zero-order chi connectivity index (χ0) is 20.0. The van der Waals surface area contributed by atoms with Crippen molar-refractivity contribution < 1.29 is 5.11 Å². The zero-order valence-corrected chi connectivity index (χ0v) is 17.5. The van der Waals surface area contributed by atoms with Gasteiger partial charge < -0.3 is 10.1 Å². The van der Waals surface area contributed by atoms with Crippen LogP contribution in [-0.2, 0) is 13.0 Å². The predicted octanol–water partition coefficient (Wildman–Crippen LogP) is 5.60. The van der Waals surface area contributed by atoms with Gasteiger partial charge in [-0.1, -0.05) is 44.2 Å². The maximum Gasteiger partial charge on any atom is 0.115 e. The lowest BCUT2D eigenvalue weighted by atomic mass is 9.92. The topological polar surface area (TPSA) is 52.2 Å². The van der Waals surface area contributed by atoms with Crippen LogP contribution in [0.4, 0.5) is 0 Å². The molecule has 0 saturated carbocycles. The third-order valence-corrected chi connectivity index (χ3v) is 6.67. The zero-order valence-electron chi connectivity index (χ0n) is 16.7. The van der Waals surface area contributed by atoms with Gasteiger partial charge in [0.2, 0.25) is 0 Å². The van der Waals surface area contributed by atoms with E-state index >= 15 is 0 Å². The fraction of sp³-hybridized carbons (Fsp3) is 0.292. The summed E-state index contributed by atoms with van der Waals surface area (Å²) in [6.07, 6.45) is 1.01. The molecule has 1 atom stereocenters. The summed E-state index contributed by atoms with van der Waals surface area (Å²) >= 11 is 1.75. The number of thiazole rings is 1. The van der Waals surface area contributed by atoms with Crippen molar-refractivity contribution in [1.82, 2.24) is 14.9 Å². The molecule has 5 rings (SSSR count). The number of nitrogens with one attached hydrogen (secondary N) is 1. The van der Waals surface area contributed by atoms with Crippen LogP contribution in [0.1, 0.15) is 53.3 Å². The number of benzene rings is 2. The van der Waals surface area contributed by atoms with Crippen molar-refractivity contribution >= 4 is 22.2 Å². The van der Waals surface area contributed by atoms with E-state index in [4.69, 9.17) is 4.98 Å². The minimum atomic E-state index is 0.0737. The smallest absolute Gasteiger partial charge is 0.115 e. The van der Waals surface area contributed by atoms with Crippen LogP contribution in [0.15, 0.2) is 53.9 Å². The monoisotopic (exact) mass is 403 g/mol. The first-order valence-corrected chi connectivity index (χ1v) is 11.0. The number of hydrogen-bond acceptors (Lipinski definition) is 4. The van der Waals surface area contributed by atoms with Crippen molar-refractivity contribution in [3.8, 4) is 5.75 Å². The maximum atomic E-state index is 10.1. The van der Waals surface area contributed by atoms with E-state index < -0.39 is 0 Å². The van der Waals surface area contributed by atoms with Gasteiger partial charge in [0.25, 0.3) is 0 Å². The molecule has 0 radical (unpaired) electrons. The fourth-order valence-corrected chi connectivity index (χ4v) is 5.35. The Bertz CT molecular complexity index is 1160. The van der Waals surface area contributed by atoms with Crippen molar-refractivity contribution in [3.05, 3.63) is 81.4 Å². The average molecular weight is 404 g/mol. The van der Waals surface area contributed by atoms with E-state index in [1.54, 1.807) is 17.4 Å². The minimum absolute atomic E-state index is 0.0737. The first-order valence-electron chi connectivity index (χ1n) is 10.2. The molecule has 1 unspecified atom stereocenters. The number of aromatic amines is 1. The summed E-state index contributed by atoms with van der Waals surface area (Å²) < 4.78 is 0. The summed E-state index contributed by atoms with van der Waals surface area (Å²) in [5.41, 5.74) is 6.09. The Hall–Kier alpha value is -2.63. The molecule has 1 aliphatic rings. The highest BCUT2D eigenvalue weighted by atomic mass is 32.1. The standard InChI is InChI=1S/C24H25N3OS/c1-15(2)21-14-29-22(25-21)13-27-11-10-19-18-8-3-4-9-20(18)26-23(19)24(27)16-6-5-7-17(28)12-16/h3-9,12,14-15,24,26,28H,10-11,13H2,1-2H3. The molecule has 0 fully saturated rings. The molecular weight excluding hydrogens is 378 g/mol. The highest BCUT2D eigenvalue weighted by Crippen LogP contribution is 2.40. The van der Waals surface area contributed by atoms with Gasteiger partial charge in [0.1, 0.15) is 10.8 Å². The number of phenolic OH excluding ortho intramolecular Hbond substituents is 1. The molecule has 0 spiro atoms. The van der Waals surface area contributed by atoms with E-state index in [0.717, 1.165) is 30.1 Å². The Kier molecular flexibility index (Phi) is 4.64. The lowest BCUT2D eigenvalue weighted by Gasteiger charge is -2.35. The summed E-state index contributed by atoms with van der Waals surface area (Å²) in [5.74, 6) is 0.755. The first kappa shape index (κ1) is 18.4. The van der Waals surface area contributed by atoms with Crippen LogP contribution in [-0.4, -0.2) is 26.5 Å². The van der Waals surface area contributed by atoms with Crippen LogP contribution in [0, 0.1) is 0 Å². The van der Waals surface area contributed by atoms with Gasteiger partial charge in [-0.2, -0.15) is 0 Å². The Labute approximate surface area is 174 Å². The number of phenols is 1. The third-order valence-electron chi connectivity index (χ3n) is 5.82. The molecule has 0 bridgehead atoms. The van der Waals surface area contributed by atoms with Crippen molar-refractivity contribution in [2.45, 2.75) is 38.8 Å². The summed E-state index contributed by atoms with van der Waals surface area (Å²) in [6, 6.07) is 16.3. The summed E-state index contributed by atoms with van der Waals surface area (Å²) in [7, 11) is 0. The number of aromatic hydroxyl groups is 1. The van der Waals surface area contributed by atoms with Crippen LogP contribution in [0.2, 0.25) is 0 Å². The van der Waals surface area contributed by atoms with E-state index in [1.165, 1.54) is 27.9 Å². The minimum Gasteiger partial charge on any atom is -0.508 e. The molecule has 0 amide bonds. The third kappa shape index (κ3) is 3.34. The van der Waals surface area contributed by atoms with Crippen LogP contribution in [0.3, 0.4) is 0 Å². The summed E-state index contributed by atoms with van der Waals surface area (Å²) in [5, 5.41) is 14.8. The van der Waals surface area contributed by atoms with Gasteiger partial charge in [-0.15, -0.1) is 11.3 Å². The van der Waals surface area contributed by atoms with Crippen LogP contribution in [0.25, 0.3) is 10.9 Å². The predicted molar refractivity (Wildman–Crippen MR) is 119 cm³/mol. The number of aromatic nitrogens is 2. The molecule has 2 aromatic heterocycles. The lowest BCUT2D eigenvalue weighted by Crippen LogP contribution is -2.35.